The van der Waals surface area contributed by atoms with E-state index in [1.807, 2.05) is 32.9 Å². The minimum absolute atomic E-state index is 0.117. The fourth-order valence-electron chi connectivity index (χ4n) is 2.67. The number of amides is 3. The number of urea groups is 1. The molecule has 2 aromatic carbocycles. The number of carbonyl (C=O) groups excluding carboxylic acids is 2. The highest BCUT2D eigenvalue weighted by Gasteiger charge is 2.09. The number of benzene rings is 2. The molecule has 2 aromatic rings. The fraction of sp³-hybridized carbons (Fsp3) is 0.300. The zero-order valence-electron chi connectivity index (χ0n) is 15.7. The van der Waals surface area contributed by atoms with Crippen molar-refractivity contribution in [1.82, 2.24) is 10.6 Å². The van der Waals surface area contributed by atoms with Gasteiger partial charge in [-0.15, -0.1) is 0 Å². The highest BCUT2D eigenvalue weighted by molar-refractivity contribution is 6.30. The van der Waals surface area contributed by atoms with E-state index in [9.17, 15) is 9.59 Å². The molecule has 2 rings (SSSR count). The maximum Gasteiger partial charge on any atom is 0.315 e. The van der Waals surface area contributed by atoms with Crippen molar-refractivity contribution >= 4 is 29.2 Å². The Kier molecular flexibility index (Phi) is 7.49. The molecule has 0 fully saturated rings. The molecule has 0 spiro atoms. The Labute approximate surface area is 164 Å². The van der Waals surface area contributed by atoms with Crippen molar-refractivity contribution in [2.45, 2.75) is 20.8 Å². The summed E-state index contributed by atoms with van der Waals surface area (Å²) in [6.45, 7) is 6.37. The Morgan fingerprint density at radius 2 is 1.74 bits per heavy atom. The summed E-state index contributed by atoms with van der Waals surface area (Å²) in [4.78, 5) is 23.8. The molecule has 0 saturated carbocycles. The molecule has 0 aliphatic carbocycles. The molecule has 3 N–H and O–H groups in total. The van der Waals surface area contributed by atoms with Crippen LogP contribution in [0.3, 0.4) is 0 Å². The molecule has 27 heavy (non-hydrogen) atoms. The van der Waals surface area contributed by atoms with Crippen molar-refractivity contribution in [2.24, 2.45) is 0 Å². The van der Waals surface area contributed by atoms with E-state index in [1.54, 1.807) is 24.3 Å². The van der Waals surface area contributed by atoms with Crippen LogP contribution in [0.4, 0.5) is 10.5 Å². The van der Waals surface area contributed by atoms with Gasteiger partial charge in [0.1, 0.15) is 12.4 Å². The van der Waals surface area contributed by atoms with Crippen LogP contribution < -0.4 is 20.7 Å². The quantitative estimate of drug-likeness (QED) is 0.633. The first kappa shape index (κ1) is 20.6. The topological polar surface area (TPSA) is 79.5 Å². The molecular formula is C20H24ClN3O3. The van der Waals surface area contributed by atoms with Gasteiger partial charge < -0.3 is 20.7 Å². The van der Waals surface area contributed by atoms with Crippen molar-refractivity contribution < 1.29 is 14.3 Å². The van der Waals surface area contributed by atoms with Gasteiger partial charge in [-0.3, -0.25) is 4.79 Å². The number of aryl methyl sites for hydroxylation is 3. The van der Waals surface area contributed by atoms with Gasteiger partial charge in [-0.05, 0) is 50.1 Å². The van der Waals surface area contributed by atoms with Gasteiger partial charge in [0.15, 0.2) is 0 Å². The Morgan fingerprint density at radius 3 is 2.41 bits per heavy atom. The first-order valence-corrected chi connectivity index (χ1v) is 9.00. The normalized spacial score (nSPS) is 10.2. The number of nitrogens with one attached hydrogen (secondary N) is 3. The van der Waals surface area contributed by atoms with E-state index in [0.29, 0.717) is 23.9 Å². The molecule has 6 nitrogen and oxygen atoms in total. The van der Waals surface area contributed by atoms with Gasteiger partial charge in [-0.1, -0.05) is 35.4 Å². The molecule has 0 heterocycles. The van der Waals surface area contributed by atoms with Crippen molar-refractivity contribution in [3.8, 4) is 5.75 Å². The maximum absolute atomic E-state index is 12.1. The summed E-state index contributed by atoms with van der Waals surface area (Å²) in [6.07, 6.45) is 0. The molecule has 0 unspecified atom stereocenters. The first-order chi connectivity index (χ1) is 12.8. The standard InChI is InChI=1S/C20H24ClN3O3/c1-13-9-14(2)19(15(3)10-13)24-18(25)12-23-20(26)22-7-8-27-17-6-4-5-16(21)11-17/h4-6,9-11H,7-8,12H2,1-3H3,(H,24,25)(H2,22,23,26). The maximum atomic E-state index is 12.1. The SMILES string of the molecule is Cc1cc(C)c(NC(=O)CNC(=O)NCCOc2cccc(Cl)c2)c(C)c1. The third-order valence-corrected chi connectivity index (χ3v) is 4.04. The van der Waals surface area contributed by atoms with Gasteiger partial charge in [0.25, 0.3) is 0 Å². The predicted molar refractivity (Wildman–Crippen MR) is 108 cm³/mol. The van der Waals surface area contributed by atoms with Crippen molar-refractivity contribution in [3.05, 3.63) is 58.1 Å². The van der Waals surface area contributed by atoms with Crippen LogP contribution in [0.5, 0.6) is 5.75 Å². The number of anilines is 1. The van der Waals surface area contributed by atoms with Crippen LogP contribution >= 0.6 is 11.6 Å². The summed E-state index contributed by atoms with van der Waals surface area (Å²) in [5, 5.41) is 8.57. The molecule has 0 radical (unpaired) electrons. The molecular weight excluding hydrogens is 366 g/mol. The Balaban J connectivity index is 1.68. The molecule has 144 valence electrons. The van der Waals surface area contributed by atoms with Crippen molar-refractivity contribution in [3.63, 3.8) is 0 Å². The van der Waals surface area contributed by atoms with E-state index in [-0.39, 0.29) is 12.5 Å². The van der Waals surface area contributed by atoms with Crippen LogP contribution in [0.2, 0.25) is 5.02 Å². The van der Waals surface area contributed by atoms with Crippen LogP contribution in [-0.4, -0.2) is 31.6 Å². The highest BCUT2D eigenvalue weighted by atomic mass is 35.5. The smallest absolute Gasteiger partial charge is 0.315 e. The van der Waals surface area contributed by atoms with Gasteiger partial charge in [-0.2, -0.15) is 0 Å². The molecule has 7 heteroatoms. The summed E-state index contributed by atoms with van der Waals surface area (Å²) in [5.41, 5.74) is 3.90. The lowest BCUT2D eigenvalue weighted by Crippen LogP contribution is -2.41. The number of hydrogen-bond donors (Lipinski definition) is 3. The molecule has 0 saturated heterocycles. The van der Waals surface area contributed by atoms with Gasteiger partial charge >= 0.3 is 6.03 Å². The number of rotatable bonds is 7. The monoisotopic (exact) mass is 389 g/mol. The molecule has 0 aliphatic rings. The average Bonchev–Trinajstić information content (AvgIpc) is 2.60. The molecule has 0 bridgehead atoms. The number of carbonyl (C=O) groups is 2. The fourth-order valence-corrected chi connectivity index (χ4v) is 2.85. The first-order valence-electron chi connectivity index (χ1n) is 8.63. The Morgan fingerprint density at radius 1 is 1.04 bits per heavy atom. The van der Waals surface area contributed by atoms with Crippen LogP contribution in [0.1, 0.15) is 16.7 Å². The average molecular weight is 390 g/mol. The van der Waals surface area contributed by atoms with E-state index in [0.717, 1.165) is 22.4 Å². The van der Waals surface area contributed by atoms with Crippen molar-refractivity contribution in [1.29, 1.82) is 0 Å². The third kappa shape index (κ3) is 6.83. The van der Waals surface area contributed by atoms with E-state index < -0.39 is 6.03 Å². The van der Waals surface area contributed by atoms with Crippen LogP contribution in [0.15, 0.2) is 36.4 Å². The molecule has 3 amide bonds. The number of hydrogen-bond acceptors (Lipinski definition) is 3. The lowest BCUT2D eigenvalue weighted by atomic mass is 10.1. The van der Waals surface area contributed by atoms with Gasteiger partial charge in [0.2, 0.25) is 5.91 Å². The zero-order valence-corrected chi connectivity index (χ0v) is 16.4. The lowest BCUT2D eigenvalue weighted by Gasteiger charge is -2.13. The summed E-state index contributed by atoms with van der Waals surface area (Å²) in [6, 6.07) is 10.6. The number of ether oxygens (including phenoxy) is 1. The minimum Gasteiger partial charge on any atom is -0.492 e. The summed E-state index contributed by atoms with van der Waals surface area (Å²) < 4.78 is 5.47. The summed E-state index contributed by atoms with van der Waals surface area (Å²) >= 11 is 5.87. The van der Waals surface area contributed by atoms with E-state index in [2.05, 4.69) is 16.0 Å². The van der Waals surface area contributed by atoms with E-state index >= 15 is 0 Å². The van der Waals surface area contributed by atoms with Gasteiger partial charge in [0.05, 0.1) is 13.1 Å². The van der Waals surface area contributed by atoms with E-state index in [4.69, 9.17) is 16.3 Å². The van der Waals surface area contributed by atoms with Gasteiger partial charge in [0, 0.05) is 10.7 Å². The van der Waals surface area contributed by atoms with Crippen LogP contribution in [0, 0.1) is 20.8 Å². The molecule has 0 atom stereocenters. The predicted octanol–water partition coefficient (Wildman–Crippen LogP) is 3.58. The molecule has 0 aromatic heterocycles. The Hall–Kier alpha value is -2.73. The second-order valence-electron chi connectivity index (χ2n) is 6.24. The molecule has 0 aliphatic heterocycles. The van der Waals surface area contributed by atoms with Gasteiger partial charge in [-0.25, -0.2) is 4.79 Å². The van der Waals surface area contributed by atoms with E-state index in [1.165, 1.54) is 0 Å². The third-order valence-electron chi connectivity index (χ3n) is 3.80. The number of halogens is 1. The Bertz CT molecular complexity index is 801. The summed E-state index contributed by atoms with van der Waals surface area (Å²) in [7, 11) is 0. The van der Waals surface area contributed by atoms with Crippen LogP contribution in [-0.2, 0) is 4.79 Å². The largest absolute Gasteiger partial charge is 0.492 e. The minimum atomic E-state index is -0.433. The van der Waals surface area contributed by atoms with Crippen LogP contribution in [0.25, 0.3) is 0 Å². The zero-order chi connectivity index (χ0) is 19.8. The second kappa shape index (κ2) is 9.83. The lowest BCUT2D eigenvalue weighted by molar-refractivity contribution is -0.115. The summed E-state index contributed by atoms with van der Waals surface area (Å²) in [5.74, 6) is 0.350. The second-order valence-corrected chi connectivity index (χ2v) is 6.67. The van der Waals surface area contributed by atoms with Crippen molar-refractivity contribution in [2.75, 3.05) is 25.0 Å². The highest BCUT2D eigenvalue weighted by Crippen LogP contribution is 2.21.